The van der Waals surface area contributed by atoms with Crippen molar-refractivity contribution in [1.82, 2.24) is 10.3 Å². The number of aliphatic hydroxyl groups is 1. The topological polar surface area (TPSA) is 65.1 Å². The number of H-pyrrole nitrogens is 1. The summed E-state index contributed by atoms with van der Waals surface area (Å²) in [6.45, 7) is 2.68. The fourth-order valence-electron chi connectivity index (χ4n) is 2.91. The minimum absolute atomic E-state index is 0.0549. The van der Waals surface area contributed by atoms with Crippen LogP contribution in [0, 0.1) is 12.8 Å². The fourth-order valence-corrected chi connectivity index (χ4v) is 2.91. The molecule has 1 heterocycles. The molecule has 1 saturated carbocycles. The Hall–Kier alpha value is -1.81. The second kappa shape index (κ2) is 5.29. The van der Waals surface area contributed by atoms with Gasteiger partial charge in [0.15, 0.2) is 0 Å². The van der Waals surface area contributed by atoms with Crippen LogP contribution in [0.1, 0.15) is 24.1 Å². The average molecular weight is 272 g/mol. The lowest BCUT2D eigenvalue weighted by Gasteiger charge is -2.31. The summed E-state index contributed by atoms with van der Waals surface area (Å²) in [5.74, 6) is 0.497. The number of benzene rings is 1. The standard InChI is InChI=1S/C16H20N2O2/c1-10-14(13-4-2-3-5-15(13)18-10)8-16(20)17-9-11-6-12(19)7-11/h2-5,11-12,18-19H,6-9H2,1H3,(H,17,20). The van der Waals surface area contributed by atoms with Gasteiger partial charge >= 0.3 is 0 Å². The number of fused-ring (bicyclic) bond motifs is 1. The van der Waals surface area contributed by atoms with Crippen molar-refractivity contribution in [3.8, 4) is 0 Å². The maximum absolute atomic E-state index is 12.0. The Morgan fingerprint density at radius 2 is 2.15 bits per heavy atom. The molecular formula is C16H20N2O2. The number of carbonyl (C=O) groups excluding carboxylic acids is 1. The molecule has 1 aliphatic rings. The fraction of sp³-hybridized carbons (Fsp3) is 0.438. The van der Waals surface area contributed by atoms with Crippen LogP contribution in [0.15, 0.2) is 24.3 Å². The molecular weight excluding hydrogens is 252 g/mol. The van der Waals surface area contributed by atoms with Gasteiger partial charge in [0.1, 0.15) is 0 Å². The van der Waals surface area contributed by atoms with E-state index in [1.165, 1.54) is 0 Å². The predicted molar refractivity (Wildman–Crippen MR) is 78.5 cm³/mol. The number of carbonyl (C=O) groups is 1. The average Bonchev–Trinajstić information content (AvgIpc) is 2.70. The molecule has 0 spiro atoms. The molecule has 4 heteroatoms. The van der Waals surface area contributed by atoms with Crippen molar-refractivity contribution in [1.29, 1.82) is 0 Å². The second-order valence-electron chi connectivity index (χ2n) is 5.75. The van der Waals surface area contributed by atoms with Crippen molar-refractivity contribution < 1.29 is 9.90 Å². The maximum atomic E-state index is 12.0. The molecule has 3 N–H and O–H groups in total. The number of rotatable bonds is 4. The molecule has 1 fully saturated rings. The normalized spacial score (nSPS) is 21.7. The van der Waals surface area contributed by atoms with Gasteiger partial charge in [0.25, 0.3) is 0 Å². The third-order valence-electron chi connectivity index (χ3n) is 4.16. The van der Waals surface area contributed by atoms with E-state index in [1.54, 1.807) is 0 Å². The smallest absolute Gasteiger partial charge is 0.224 e. The first-order valence-electron chi connectivity index (χ1n) is 7.14. The van der Waals surface area contributed by atoms with Gasteiger partial charge in [-0.25, -0.2) is 0 Å². The van der Waals surface area contributed by atoms with Gasteiger partial charge in [-0.2, -0.15) is 0 Å². The molecule has 1 amide bonds. The van der Waals surface area contributed by atoms with Crippen molar-refractivity contribution in [2.75, 3.05) is 6.54 Å². The lowest BCUT2D eigenvalue weighted by Crippen LogP contribution is -2.38. The number of aromatic amines is 1. The summed E-state index contributed by atoms with van der Waals surface area (Å²) in [4.78, 5) is 15.4. The van der Waals surface area contributed by atoms with Crippen LogP contribution in [0.5, 0.6) is 0 Å². The zero-order valence-electron chi connectivity index (χ0n) is 11.6. The second-order valence-corrected chi connectivity index (χ2v) is 5.75. The van der Waals surface area contributed by atoms with Gasteiger partial charge < -0.3 is 15.4 Å². The Bertz CT molecular complexity index is 626. The SMILES string of the molecule is Cc1[nH]c2ccccc2c1CC(=O)NCC1CC(O)C1. The van der Waals surface area contributed by atoms with E-state index in [1.807, 2.05) is 31.2 Å². The van der Waals surface area contributed by atoms with Crippen LogP contribution in [0.2, 0.25) is 0 Å². The maximum Gasteiger partial charge on any atom is 0.224 e. The van der Waals surface area contributed by atoms with Gasteiger partial charge in [0, 0.05) is 23.1 Å². The Morgan fingerprint density at radius 1 is 1.40 bits per heavy atom. The first kappa shape index (κ1) is 13.2. The van der Waals surface area contributed by atoms with Crippen LogP contribution in [-0.4, -0.2) is 28.6 Å². The lowest BCUT2D eigenvalue weighted by molar-refractivity contribution is -0.121. The largest absolute Gasteiger partial charge is 0.393 e. The zero-order chi connectivity index (χ0) is 14.1. The number of nitrogens with one attached hydrogen (secondary N) is 2. The first-order chi connectivity index (χ1) is 9.63. The molecule has 3 rings (SSSR count). The van der Waals surface area contributed by atoms with Gasteiger partial charge in [-0.1, -0.05) is 18.2 Å². The summed E-state index contributed by atoms with van der Waals surface area (Å²) in [5.41, 5.74) is 3.21. The molecule has 20 heavy (non-hydrogen) atoms. The van der Waals surface area contributed by atoms with Crippen LogP contribution in [0.3, 0.4) is 0 Å². The molecule has 1 aromatic carbocycles. The van der Waals surface area contributed by atoms with E-state index in [9.17, 15) is 9.90 Å². The number of para-hydroxylation sites is 1. The predicted octanol–water partition coefficient (Wildman–Crippen LogP) is 1.91. The van der Waals surface area contributed by atoms with Gasteiger partial charge in [0.05, 0.1) is 12.5 Å². The van der Waals surface area contributed by atoms with Crippen molar-refractivity contribution in [3.05, 3.63) is 35.5 Å². The number of aryl methyl sites for hydroxylation is 1. The number of aromatic nitrogens is 1. The third-order valence-corrected chi connectivity index (χ3v) is 4.16. The quantitative estimate of drug-likeness (QED) is 0.796. The summed E-state index contributed by atoms with van der Waals surface area (Å²) in [6.07, 6.45) is 1.87. The number of hydrogen-bond acceptors (Lipinski definition) is 2. The Balaban J connectivity index is 1.63. The summed E-state index contributed by atoms with van der Waals surface area (Å²) >= 11 is 0. The number of aliphatic hydroxyl groups excluding tert-OH is 1. The van der Waals surface area contributed by atoms with Crippen molar-refractivity contribution in [3.63, 3.8) is 0 Å². The molecule has 0 aliphatic heterocycles. The highest BCUT2D eigenvalue weighted by Gasteiger charge is 2.27. The van der Waals surface area contributed by atoms with Crippen LogP contribution in [-0.2, 0) is 11.2 Å². The van der Waals surface area contributed by atoms with E-state index in [4.69, 9.17) is 0 Å². The number of amides is 1. The van der Waals surface area contributed by atoms with Crippen molar-refractivity contribution in [2.45, 2.75) is 32.3 Å². The summed E-state index contributed by atoms with van der Waals surface area (Å²) in [7, 11) is 0. The highest BCUT2D eigenvalue weighted by molar-refractivity contribution is 5.90. The lowest BCUT2D eigenvalue weighted by atomic mass is 9.82. The molecule has 0 unspecified atom stereocenters. The third kappa shape index (κ3) is 2.56. The van der Waals surface area contributed by atoms with Gasteiger partial charge in [-0.3, -0.25) is 4.79 Å². The van der Waals surface area contributed by atoms with E-state index in [0.29, 0.717) is 18.9 Å². The van der Waals surface area contributed by atoms with Crippen LogP contribution >= 0.6 is 0 Å². The van der Waals surface area contributed by atoms with Gasteiger partial charge in [0.2, 0.25) is 5.91 Å². The van der Waals surface area contributed by atoms with Crippen molar-refractivity contribution >= 4 is 16.8 Å². The van der Waals surface area contributed by atoms with Crippen LogP contribution in [0.4, 0.5) is 0 Å². The zero-order valence-corrected chi connectivity index (χ0v) is 11.6. The molecule has 0 bridgehead atoms. The highest BCUT2D eigenvalue weighted by atomic mass is 16.3. The summed E-state index contributed by atoms with van der Waals surface area (Å²) in [6, 6.07) is 8.06. The van der Waals surface area contributed by atoms with E-state index in [2.05, 4.69) is 10.3 Å². The molecule has 0 saturated heterocycles. The van der Waals surface area contributed by atoms with Crippen LogP contribution in [0.25, 0.3) is 10.9 Å². The van der Waals surface area contributed by atoms with Gasteiger partial charge in [-0.05, 0) is 37.3 Å². The van der Waals surface area contributed by atoms with E-state index >= 15 is 0 Å². The van der Waals surface area contributed by atoms with E-state index in [-0.39, 0.29) is 12.0 Å². The molecule has 0 radical (unpaired) electrons. The van der Waals surface area contributed by atoms with Crippen LogP contribution < -0.4 is 5.32 Å². The number of hydrogen-bond donors (Lipinski definition) is 3. The van der Waals surface area contributed by atoms with E-state index in [0.717, 1.165) is 35.0 Å². The first-order valence-corrected chi connectivity index (χ1v) is 7.14. The Kier molecular flexibility index (Phi) is 3.49. The molecule has 1 aromatic heterocycles. The minimum atomic E-state index is -0.159. The molecule has 1 aliphatic carbocycles. The monoisotopic (exact) mass is 272 g/mol. The summed E-state index contributed by atoms with van der Waals surface area (Å²) in [5, 5.41) is 13.3. The van der Waals surface area contributed by atoms with Gasteiger partial charge in [-0.15, -0.1) is 0 Å². The molecule has 2 aromatic rings. The molecule has 106 valence electrons. The highest BCUT2D eigenvalue weighted by Crippen LogP contribution is 2.26. The Morgan fingerprint density at radius 3 is 2.90 bits per heavy atom. The summed E-state index contributed by atoms with van der Waals surface area (Å²) < 4.78 is 0. The Labute approximate surface area is 118 Å². The van der Waals surface area contributed by atoms with Crippen molar-refractivity contribution in [2.24, 2.45) is 5.92 Å². The van der Waals surface area contributed by atoms with E-state index < -0.39 is 0 Å². The minimum Gasteiger partial charge on any atom is -0.393 e. The molecule has 4 nitrogen and oxygen atoms in total. The molecule has 0 atom stereocenters.